The van der Waals surface area contributed by atoms with E-state index in [1.807, 2.05) is 18.2 Å². The molecule has 98 valence electrons. The maximum absolute atomic E-state index is 7.37. The van der Waals surface area contributed by atoms with Crippen molar-refractivity contribution in [3.05, 3.63) is 18.2 Å². The van der Waals surface area contributed by atoms with Crippen molar-refractivity contribution in [1.29, 1.82) is 5.41 Å². The monoisotopic (exact) mass is 266 g/mol. The van der Waals surface area contributed by atoms with Crippen molar-refractivity contribution in [3.8, 4) is 11.5 Å². The van der Waals surface area contributed by atoms with Crippen molar-refractivity contribution in [3.63, 3.8) is 0 Å². The summed E-state index contributed by atoms with van der Waals surface area (Å²) in [6, 6.07) is 5.97. The van der Waals surface area contributed by atoms with Crippen LogP contribution in [0.1, 0.15) is 19.8 Å². The van der Waals surface area contributed by atoms with Crippen molar-refractivity contribution in [2.75, 3.05) is 13.2 Å². The van der Waals surface area contributed by atoms with Gasteiger partial charge >= 0.3 is 0 Å². The average molecular weight is 266 g/mol. The predicted molar refractivity (Wildman–Crippen MR) is 73.9 cm³/mol. The van der Waals surface area contributed by atoms with Gasteiger partial charge in [0.2, 0.25) is 0 Å². The van der Waals surface area contributed by atoms with E-state index in [4.69, 9.17) is 20.6 Å². The van der Waals surface area contributed by atoms with E-state index in [9.17, 15) is 0 Å². The molecule has 1 heterocycles. The molecule has 0 radical (unpaired) electrons. The highest BCUT2D eigenvalue weighted by Gasteiger charge is 2.14. The van der Waals surface area contributed by atoms with Crippen LogP contribution in [0.2, 0.25) is 0 Å². The molecule has 3 N–H and O–H groups in total. The molecule has 5 heteroatoms. The van der Waals surface area contributed by atoms with Gasteiger partial charge in [-0.25, -0.2) is 0 Å². The lowest BCUT2D eigenvalue weighted by atomic mass is 10.2. The number of nitrogens with one attached hydrogen (secondary N) is 1. The largest absolute Gasteiger partial charge is 0.486 e. The topological polar surface area (TPSA) is 68.3 Å². The molecule has 1 aromatic rings. The molecule has 0 amide bonds. The zero-order valence-corrected chi connectivity index (χ0v) is 11.3. The van der Waals surface area contributed by atoms with Gasteiger partial charge in [-0.3, -0.25) is 5.41 Å². The number of hydrogen-bond acceptors (Lipinski definition) is 4. The minimum Gasteiger partial charge on any atom is -0.486 e. The molecule has 0 saturated heterocycles. The van der Waals surface area contributed by atoms with Gasteiger partial charge in [0.1, 0.15) is 13.2 Å². The number of thioether (sulfide) groups is 1. The fourth-order valence-corrected chi connectivity index (χ4v) is 2.94. The number of fused-ring (bicyclic) bond motifs is 1. The number of hydrogen-bond donors (Lipinski definition) is 2. The summed E-state index contributed by atoms with van der Waals surface area (Å²) in [5.41, 5.74) is 5.46. The quantitative estimate of drug-likeness (QED) is 0.488. The van der Waals surface area contributed by atoms with Crippen LogP contribution < -0.4 is 15.2 Å². The van der Waals surface area contributed by atoms with Gasteiger partial charge in [0, 0.05) is 16.6 Å². The first-order valence-electron chi connectivity index (χ1n) is 6.08. The van der Waals surface area contributed by atoms with Crippen LogP contribution in [-0.2, 0) is 0 Å². The molecule has 1 atom stereocenters. The third kappa shape index (κ3) is 3.32. The Balaban J connectivity index is 2.06. The van der Waals surface area contributed by atoms with Crippen molar-refractivity contribution in [1.82, 2.24) is 0 Å². The lowest BCUT2D eigenvalue weighted by molar-refractivity contribution is 0.171. The summed E-state index contributed by atoms with van der Waals surface area (Å²) in [5.74, 6) is 1.86. The standard InChI is InChI=1S/C13H18N2O2S/c1-2-9(8-13(14)15)18-10-3-4-11-12(7-10)17-6-5-16-11/h3-4,7,9H,2,5-6,8H2,1H3,(H3,14,15). The second-order valence-electron chi connectivity index (χ2n) is 4.18. The van der Waals surface area contributed by atoms with Gasteiger partial charge < -0.3 is 15.2 Å². The number of benzene rings is 1. The second kappa shape index (κ2) is 6.00. The summed E-state index contributed by atoms with van der Waals surface area (Å²) < 4.78 is 11.0. The first kappa shape index (κ1) is 13.1. The molecule has 0 bridgehead atoms. The first-order valence-corrected chi connectivity index (χ1v) is 6.96. The van der Waals surface area contributed by atoms with Crippen molar-refractivity contribution in [2.24, 2.45) is 5.73 Å². The average Bonchev–Trinajstić information content (AvgIpc) is 2.37. The smallest absolute Gasteiger partial charge is 0.162 e. The van der Waals surface area contributed by atoms with E-state index >= 15 is 0 Å². The second-order valence-corrected chi connectivity index (χ2v) is 5.56. The fourth-order valence-electron chi connectivity index (χ4n) is 1.80. The number of nitrogens with two attached hydrogens (primary N) is 1. The number of amidine groups is 1. The molecule has 2 rings (SSSR count). The summed E-state index contributed by atoms with van der Waals surface area (Å²) in [4.78, 5) is 1.13. The molecular weight excluding hydrogens is 248 g/mol. The van der Waals surface area contributed by atoms with Gasteiger partial charge in [-0.05, 0) is 24.6 Å². The summed E-state index contributed by atoms with van der Waals surface area (Å²) in [7, 11) is 0. The Morgan fingerprint density at radius 3 is 2.78 bits per heavy atom. The highest BCUT2D eigenvalue weighted by molar-refractivity contribution is 8.00. The molecule has 0 aliphatic carbocycles. The highest BCUT2D eigenvalue weighted by atomic mass is 32.2. The molecule has 0 spiro atoms. The van der Waals surface area contributed by atoms with Crippen molar-refractivity contribution >= 4 is 17.6 Å². The molecule has 1 unspecified atom stereocenters. The predicted octanol–water partition coefficient (Wildman–Crippen LogP) is 2.65. The Labute approximate surface area is 111 Å². The van der Waals surface area contributed by atoms with Gasteiger partial charge in [-0.1, -0.05) is 6.92 Å². The third-order valence-electron chi connectivity index (χ3n) is 2.72. The third-order valence-corrected chi connectivity index (χ3v) is 4.08. The van der Waals surface area contributed by atoms with E-state index in [1.165, 1.54) is 0 Å². The van der Waals surface area contributed by atoms with Gasteiger partial charge in [0.05, 0.1) is 5.84 Å². The van der Waals surface area contributed by atoms with E-state index in [0.717, 1.165) is 22.8 Å². The molecule has 0 aromatic heterocycles. The van der Waals surface area contributed by atoms with Crippen LogP contribution in [0, 0.1) is 5.41 Å². The molecule has 18 heavy (non-hydrogen) atoms. The van der Waals surface area contributed by atoms with Gasteiger partial charge in [0.15, 0.2) is 11.5 Å². The van der Waals surface area contributed by atoms with Crippen molar-refractivity contribution in [2.45, 2.75) is 29.9 Å². The zero-order chi connectivity index (χ0) is 13.0. The van der Waals surface area contributed by atoms with Gasteiger partial charge in [-0.2, -0.15) is 0 Å². The van der Waals surface area contributed by atoms with E-state index in [2.05, 4.69) is 6.92 Å². The lowest BCUT2D eigenvalue weighted by Gasteiger charge is -2.20. The number of ether oxygens (including phenoxy) is 2. The zero-order valence-electron chi connectivity index (χ0n) is 10.4. The summed E-state index contributed by atoms with van der Waals surface area (Å²) in [5, 5.41) is 7.70. The maximum Gasteiger partial charge on any atom is 0.162 e. The maximum atomic E-state index is 7.37. The number of rotatable bonds is 5. The molecular formula is C13H18N2O2S. The van der Waals surface area contributed by atoms with Gasteiger partial charge in [-0.15, -0.1) is 11.8 Å². The van der Waals surface area contributed by atoms with Crippen LogP contribution >= 0.6 is 11.8 Å². The first-order chi connectivity index (χ1) is 8.69. The molecule has 0 fully saturated rings. The van der Waals surface area contributed by atoms with Crippen LogP contribution in [0.15, 0.2) is 23.1 Å². The van der Waals surface area contributed by atoms with E-state index in [0.29, 0.717) is 24.9 Å². The van der Waals surface area contributed by atoms with Crippen LogP contribution in [0.4, 0.5) is 0 Å². The van der Waals surface area contributed by atoms with Crippen LogP contribution in [-0.4, -0.2) is 24.3 Å². The SMILES string of the molecule is CCC(CC(=N)N)Sc1ccc2c(c1)OCCO2. The fraction of sp³-hybridized carbons (Fsp3) is 0.462. The molecule has 1 aliphatic heterocycles. The van der Waals surface area contributed by atoms with Crippen LogP contribution in [0.25, 0.3) is 0 Å². The Morgan fingerprint density at radius 1 is 1.39 bits per heavy atom. The van der Waals surface area contributed by atoms with Gasteiger partial charge in [0.25, 0.3) is 0 Å². The summed E-state index contributed by atoms with van der Waals surface area (Å²) in [6.45, 7) is 3.33. The Bertz CT molecular complexity index is 437. The molecule has 1 aliphatic rings. The summed E-state index contributed by atoms with van der Waals surface area (Å²) in [6.07, 6.45) is 1.61. The minimum absolute atomic E-state index is 0.242. The highest BCUT2D eigenvalue weighted by Crippen LogP contribution is 2.36. The summed E-state index contributed by atoms with van der Waals surface area (Å²) >= 11 is 1.73. The van der Waals surface area contributed by atoms with E-state index < -0.39 is 0 Å². The lowest BCUT2D eigenvalue weighted by Crippen LogP contribution is -2.17. The Morgan fingerprint density at radius 2 is 2.11 bits per heavy atom. The minimum atomic E-state index is 0.242. The molecule has 1 aromatic carbocycles. The van der Waals surface area contributed by atoms with E-state index in [-0.39, 0.29) is 5.84 Å². The normalized spacial score (nSPS) is 15.2. The van der Waals surface area contributed by atoms with E-state index in [1.54, 1.807) is 11.8 Å². The Kier molecular flexibility index (Phi) is 4.36. The van der Waals surface area contributed by atoms with Crippen molar-refractivity contribution < 1.29 is 9.47 Å². The Hall–Kier alpha value is -1.36. The van der Waals surface area contributed by atoms with Crippen LogP contribution in [0.5, 0.6) is 11.5 Å². The van der Waals surface area contributed by atoms with Crippen LogP contribution in [0.3, 0.4) is 0 Å². The molecule has 0 saturated carbocycles. The molecule has 4 nitrogen and oxygen atoms in total.